The highest BCUT2D eigenvalue weighted by Crippen LogP contribution is 2.31. The van der Waals surface area contributed by atoms with Gasteiger partial charge in [0.05, 0.1) is 36.3 Å². The number of benzene rings is 3. The van der Waals surface area contributed by atoms with Crippen molar-refractivity contribution < 1.29 is 77.0 Å². The van der Waals surface area contributed by atoms with Gasteiger partial charge in [-0.05, 0) is 98.1 Å². The number of amides is 8. The second-order valence-electron chi connectivity index (χ2n) is 31.5. The first-order valence-corrected chi connectivity index (χ1v) is 41.6. The number of hydrogen-bond donors (Lipinski definition) is 15. The molecule has 0 bridgehead atoms. The Morgan fingerprint density at radius 2 is 0.847 bits per heavy atom. The minimum atomic E-state index is -1.91. The Bertz CT molecular complexity index is 3950. The molecule has 8 amide bonds. The summed E-state index contributed by atoms with van der Waals surface area (Å²) in [4.78, 5) is 230. The summed E-state index contributed by atoms with van der Waals surface area (Å²) in [6.45, 7) is 13.9. The number of aliphatic carboxylic acids is 1. The van der Waals surface area contributed by atoms with Crippen LogP contribution >= 0.6 is 11.8 Å². The molecule has 0 aliphatic carbocycles. The number of hydrogen-bond acceptors (Lipinski definition) is 19. The predicted molar refractivity (Wildman–Crippen MR) is 451 cm³/mol. The van der Waals surface area contributed by atoms with Gasteiger partial charge in [-0.2, -0.15) is 0 Å². The van der Waals surface area contributed by atoms with Gasteiger partial charge in [0.2, 0.25) is 47.3 Å². The molecule has 33 nitrogen and oxygen atoms in total. The first-order valence-electron chi connectivity index (χ1n) is 40.5. The van der Waals surface area contributed by atoms with E-state index in [4.69, 9.17) is 40.1 Å². The average Bonchev–Trinajstić information content (AvgIpc) is 0.847. The number of carbonyl (C=O) groups is 15. The summed E-state index contributed by atoms with van der Waals surface area (Å²) >= 11 is 0.884. The Balaban J connectivity index is 1.98. The third kappa shape index (κ3) is 37.1. The maximum absolute atomic E-state index is 15.1. The summed E-state index contributed by atoms with van der Waals surface area (Å²) in [6.07, 6.45) is -4.34. The normalized spacial score (nSPS) is 23.3. The summed E-state index contributed by atoms with van der Waals surface area (Å²) in [5.74, 6) is -21.2. The zero-order valence-electron chi connectivity index (χ0n) is 69.2. The zero-order chi connectivity index (χ0) is 87.7. The van der Waals surface area contributed by atoms with Crippen LogP contribution < -0.4 is 77.4 Å². The van der Waals surface area contributed by atoms with Crippen LogP contribution in [0.3, 0.4) is 0 Å². The summed E-state index contributed by atoms with van der Waals surface area (Å²) < 4.78 is 0. The minimum Gasteiger partial charge on any atom is -0.481 e. The maximum atomic E-state index is 15.1. The van der Waals surface area contributed by atoms with Crippen molar-refractivity contribution in [1.82, 2.24) is 37.2 Å². The second kappa shape index (κ2) is 52.0. The van der Waals surface area contributed by atoms with Crippen LogP contribution in [0.15, 0.2) is 106 Å². The molecule has 34 heteroatoms. The van der Waals surface area contributed by atoms with E-state index in [-0.39, 0.29) is 126 Å². The third-order valence-corrected chi connectivity index (χ3v) is 21.8. The Labute approximate surface area is 695 Å². The molecule has 4 rings (SSSR count). The lowest BCUT2D eigenvalue weighted by molar-refractivity contribution is -0.142. The monoisotopic (exact) mass is 1660 g/mol. The molecule has 3 aromatic carbocycles. The highest BCUT2D eigenvalue weighted by Gasteiger charge is 2.40. The first-order chi connectivity index (χ1) is 55.8. The molecular weight excluding hydrogens is 1540 g/mol. The van der Waals surface area contributed by atoms with Crippen LogP contribution in [-0.2, 0) is 91.2 Å². The molecule has 1 heterocycles. The van der Waals surface area contributed by atoms with Crippen LogP contribution in [0.25, 0.3) is 0 Å². The molecule has 13 atom stereocenters. The maximum Gasteiger partial charge on any atom is 0.305 e. The lowest BCUT2D eigenvalue weighted by atomic mass is 9.76. The van der Waals surface area contributed by atoms with Gasteiger partial charge in [0.15, 0.2) is 41.0 Å². The Morgan fingerprint density at radius 1 is 0.432 bits per heavy atom. The second-order valence-corrected chi connectivity index (χ2v) is 32.5. The molecule has 1 fully saturated rings. The van der Waals surface area contributed by atoms with Gasteiger partial charge in [0.1, 0.15) is 29.7 Å². The van der Waals surface area contributed by atoms with Crippen LogP contribution in [0.4, 0.5) is 0 Å². The SMILES string of the molecule is CC[C@H](C)[C@@H]1CC(=O)[C@H](C(C)C)CC(=O)[C@H](CC(C)C)NC(=O)[C@H](Cc2ccccc2)CC(=O)[C@H](Cc2ccccc2)NC(=O)CSC[C@@H](C(=O)CCC(N)=O)NC(=O)[C@H](CCCN=C(N)N)NC(=O)[C@H](Cc2ccccc2)NC(=O)[C@H](C(C)C)CC(=O)[C@H](CCCN=C(N)N)NC(=O)[C@H](CC(=O)O)NC(=O)[C@H](CCCN=C(N)N)CC1=O. The predicted octanol–water partition coefficient (Wildman–Crippen LogP) is 2.61. The molecule has 3 aromatic rings. The molecule has 1 aliphatic heterocycles. The zero-order valence-corrected chi connectivity index (χ0v) is 70.0. The van der Waals surface area contributed by atoms with E-state index in [1.807, 2.05) is 20.8 Å². The van der Waals surface area contributed by atoms with Crippen molar-refractivity contribution in [2.24, 2.45) is 108 Å². The number of aliphatic imine (C=N–C) groups is 3. The van der Waals surface area contributed by atoms with Crippen molar-refractivity contribution in [3.8, 4) is 0 Å². The van der Waals surface area contributed by atoms with Gasteiger partial charge in [0, 0.05) is 106 Å². The number of rotatable bonds is 30. The van der Waals surface area contributed by atoms with Crippen molar-refractivity contribution in [3.05, 3.63) is 108 Å². The molecule has 0 spiro atoms. The number of ketones is 6. The van der Waals surface area contributed by atoms with Gasteiger partial charge < -0.3 is 82.5 Å². The van der Waals surface area contributed by atoms with Crippen LogP contribution in [0.5, 0.6) is 0 Å². The standard InChI is InChI=1S/C84H125N17O16S/c1-9-51(8)59-44-69(104)57(49(4)5)42-72(107)62(36-48(2)3)98-77(113)56(37-52-22-13-10-14-23-52)41-70(105)63(38-53-24-15-11-16-25-53)95-74(109)47-118-46-66(67(102)31-32-73(85)108)101-79(115)61(30-21-35-94-84(90)91)97-80(116)64(39-54-26-17-12-18-27-54)100-78(114)58(50(6)7)43-71(106)60(29-20-34-93-83(88)89)96-81(117)65(45-75(110)111)99-76(112)55(40-68(59)103)28-19-33-92-82(86)87/h10-18,22-27,48-51,55-66H,9,19-21,28-47H2,1-8H3,(H2,85,108)(H,95,109)(H,96,117)(H,97,116)(H,98,113)(H,99,112)(H,100,114)(H,101,115)(H,110,111)(H4,86,87,92)(H4,88,89,93)(H4,90,91,94)/t51-,55+,56+,57-,58-,59-,60-,61-,62-,63-,64-,65-,66-/m0/s1. The number of carboxylic acid groups (broad SMARTS) is 1. The lowest BCUT2D eigenvalue weighted by Gasteiger charge is -2.29. The molecule has 1 saturated heterocycles. The number of carbonyl (C=O) groups excluding carboxylic acids is 14. The fourth-order valence-corrected chi connectivity index (χ4v) is 14.7. The number of nitrogens with one attached hydrogen (secondary N) is 7. The average molecular weight is 1660 g/mol. The highest BCUT2D eigenvalue weighted by molar-refractivity contribution is 8.00. The summed E-state index contributed by atoms with van der Waals surface area (Å²) in [6, 6.07) is 15.7. The van der Waals surface area contributed by atoms with Crippen molar-refractivity contribution in [2.75, 3.05) is 31.1 Å². The number of nitrogens with zero attached hydrogens (tertiary/aromatic N) is 3. The Kier molecular flexibility index (Phi) is 43.8. The molecule has 0 aromatic heterocycles. The van der Waals surface area contributed by atoms with E-state index in [0.29, 0.717) is 23.1 Å². The fourth-order valence-electron chi connectivity index (χ4n) is 13.8. The third-order valence-electron chi connectivity index (χ3n) is 20.7. The van der Waals surface area contributed by atoms with Gasteiger partial charge in [-0.1, -0.05) is 153 Å². The van der Waals surface area contributed by atoms with Crippen LogP contribution in [0, 0.1) is 53.3 Å². The number of carboxylic acids is 1. The van der Waals surface area contributed by atoms with Gasteiger partial charge in [-0.3, -0.25) is 86.9 Å². The van der Waals surface area contributed by atoms with E-state index in [1.54, 1.807) is 126 Å². The van der Waals surface area contributed by atoms with Crippen molar-refractivity contribution >= 4 is 118 Å². The molecule has 118 heavy (non-hydrogen) atoms. The Morgan fingerprint density at radius 3 is 1.36 bits per heavy atom. The molecule has 22 N–H and O–H groups in total. The van der Waals surface area contributed by atoms with Gasteiger partial charge in [0.25, 0.3) is 0 Å². The molecule has 0 unspecified atom stereocenters. The van der Waals surface area contributed by atoms with Crippen molar-refractivity contribution in [1.29, 1.82) is 0 Å². The molecule has 648 valence electrons. The molecular formula is C84H125N17O16S. The topological polar surface area (TPSA) is 580 Å². The van der Waals surface area contributed by atoms with E-state index in [9.17, 15) is 53.1 Å². The van der Waals surface area contributed by atoms with Gasteiger partial charge >= 0.3 is 5.97 Å². The van der Waals surface area contributed by atoms with Crippen molar-refractivity contribution in [3.63, 3.8) is 0 Å². The smallest absolute Gasteiger partial charge is 0.305 e. The summed E-state index contributed by atoms with van der Waals surface area (Å²) in [7, 11) is 0. The minimum absolute atomic E-state index is 0.00546. The van der Waals surface area contributed by atoms with Gasteiger partial charge in [-0.15, -0.1) is 11.8 Å². The highest BCUT2D eigenvalue weighted by atomic mass is 32.2. The summed E-state index contributed by atoms with van der Waals surface area (Å²) in [5.41, 5.74) is 41.2. The van der Waals surface area contributed by atoms with Crippen LogP contribution in [0.2, 0.25) is 0 Å². The molecule has 0 saturated carbocycles. The van der Waals surface area contributed by atoms with Crippen LogP contribution in [-0.4, -0.2) is 184 Å². The van der Waals surface area contributed by atoms with E-state index in [2.05, 4.69) is 52.2 Å². The van der Waals surface area contributed by atoms with Gasteiger partial charge in [-0.25, -0.2) is 0 Å². The number of primary amides is 1. The largest absolute Gasteiger partial charge is 0.481 e. The molecule has 1 aliphatic rings. The Hall–Kier alpha value is -10.9. The number of Topliss-reactive ketones (excluding diaryl/α,β-unsaturated/α-hetero) is 6. The lowest BCUT2D eigenvalue weighted by Crippen LogP contribution is -2.57. The van der Waals surface area contributed by atoms with E-state index in [0.717, 1.165) is 11.8 Å². The molecule has 0 radical (unpaired) electrons. The van der Waals surface area contributed by atoms with E-state index >= 15 is 24.0 Å². The number of guanidine groups is 3. The first kappa shape index (κ1) is 99.4. The van der Waals surface area contributed by atoms with E-state index < -0.39 is 222 Å². The van der Waals surface area contributed by atoms with Crippen molar-refractivity contribution in [2.45, 2.75) is 220 Å². The fraction of sp³-hybridized carbons (Fsp3) is 0.571. The number of nitrogens with two attached hydrogens (primary N) is 7. The van der Waals surface area contributed by atoms with Crippen LogP contribution in [0.1, 0.15) is 175 Å². The van der Waals surface area contributed by atoms with E-state index in [1.165, 1.54) is 0 Å². The number of thioether (sulfide) groups is 1. The quantitative estimate of drug-likeness (QED) is 0.0259. The summed E-state index contributed by atoms with van der Waals surface area (Å²) in [5, 5.41) is 29.4.